The number of pyridine rings is 1. The first-order valence-electron chi connectivity index (χ1n) is 8.28. The van der Waals surface area contributed by atoms with Crippen molar-refractivity contribution in [1.29, 1.82) is 0 Å². The van der Waals surface area contributed by atoms with E-state index in [1.165, 1.54) is 12.3 Å². The molecule has 0 spiro atoms. The van der Waals surface area contributed by atoms with Gasteiger partial charge in [-0.3, -0.25) is 14.5 Å². The van der Waals surface area contributed by atoms with Gasteiger partial charge < -0.3 is 5.32 Å². The molecule has 30 heavy (non-hydrogen) atoms. The van der Waals surface area contributed by atoms with E-state index in [4.69, 9.17) is 0 Å². The molecule has 0 unspecified atom stereocenters. The summed E-state index contributed by atoms with van der Waals surface area (Å²) in [6, 6.07) is 10.5. The number of alkyl halides is 3. The van der Waals surface area contributed by atoms with Crippen molar-refractivity contribution in [2.75, 3.05) is 10.0 Å². The molecule has 0 aliphatic rings. The van der Waals surface area contributed by atoms with Gasteiger partial charge in [0.15, 0.2) is 0 Å². The normalized spacial score (nSPS) is 11.7. The quantitative estimate of drug-likeness (QED) is 0.581. The van der Waals surface area contributed by atoms with Gasteiger partial charge in [0.05, 0.1) is 21.8 Å². The maximum Gasteiger partial charge on any atom is 0.416 e. The fourth-order valence-electron chi connectivity index (χ4n) is 2.44. The molecule has 1 heterocycles. The van der Waals surface area contributed by atoms with E-state index in [9.17, 15) is 30.8 Å². The number of anilines is 2. The SMILES string of the molecule is O=C(Nc1ccc(F)cc1NS(=O)(=O)c1cccc(C(F)(F)F)c1)c1ccccn1. The van der Waals surface area contributed by atoms with Crippen LogP contribution in [0.25, 0.3) is 0 Å². The Bertz CT molecular complexity index is 1180. The highest BCUT2D eigenvalue weighted by Gasteiger charge is 2.31. The summed E-state index contributed by atoms with van der Waals surface area (Å²) in [7, 11) is -4.52. The first kappa shape index (κ1) is 21.2. The van der Waals surface area contributed by atoms with Crippen LogP contribution in [0.2, 0.25) is 0 Å². The van der Waals surface area contributed by atoms with Crippen LogP contribution in [0.4, 0.5) is 28.9 Å². The lowest BCUT2D eigenvalue weighted by Gasteiger charge is -2.14. The number of nitrogens with zero attached hydrogens (tertiary/aromatic N) is 1. The number of sulfonamides is 1. The molecule has 0 saturated carbocycles. The molecular formula is C19H13F4N3O3S. The van der Waals surface area contributed by atoms with Crippen molar-refractivity contribution in [3.05, 3.63) is 83.9 Å². The van der Waals surface area contributed by atoms with E-state index in [-0.39, 0.29) is 17.1 Å². The van der Waals surface area contributed by atoms with Crippen molar-refractivity contribution >= 4 is 27.3 Å². The topological polar surface area (TPSA) is 88.2 Å². The lowest BCUT2D eigenvalue weighted by molar-refractivity contribution is -0.137. The van der Waals surface area contributed by atoms with Gasteiger partial charge in [-0.05, 0) is 42.5 Å². The maximum absolute atomic E-state index is 13.7. The van der Waals surface area contributed by atoms with E-state index in [2.05, 4.69) is 10.3 Å². The number of benzene rings is 2. The Morgan fingerprint density at radius 3 is 2.37 bits per heavy atom. The van der Waals surface area contributed by atoms with Gasteiger partial charge in [0.25, 0.3) is 15.9 Å². The molecule has 0 aliphatic carbocycles. The minimum atomic E-state index is -4.74. The first-order chi connectivity index (χ1) is 14.1. The number of rotatable bonds is 5. The zero-order valence-electron chi connectivity index (χ0n) is 14.9. The Kier molecular flexibility index (Phi) is 5.74. The van der Waals surface area contributed by atoms with E-state index in [0.717, 1.165) is 36.4 Å². The number of amides is 1. The third kappa shape index (κ3) is 4.92. The molecule has 156 valence electrons. The van der Waals surface area contributed by atoms with E-state index < -0.39 is 38.4 Å². The summed E-state index contributed by atoms with van der Waals surface area (Å²) in [5, 5.41) is 2.39. The van der Waals surface area contributed by atoms with Crippen LogP contribution in [0.3, 0.4) is 0 Å². The van der Waals surface area contributed by atoms with Crippen molar-refractivity contribution in [3.63, 3.8) is 0 Å². The number of carbonyl (C=O) groups excluding carboxylic acids is 1. The standard InChI is InChI=1S/C19H13F4N3O3S/c20-13-7-8-15(25-18(27)16-6-1-2-9-24-16)17(11-13)26-30(28,29)14-5-3-4-12(10-14)19(21,22)23/h1-11,26H,(H,25,27). The molecule has 0 atom stereocenters. The Balaban J connectivity index is 1.93. The molecule has 0 radical (unpaired) electrons. The number of hydrogen-bond donors (Lipinski definition) is 2. The van der Waals surface area contributed by atoms with Gasteiger partial charge in [-0.25, -0.2) is 12.8 Å². The monoisotopic (exact) mass is 439 g/mol. The van der Waals surface area contributed by atoms with E-state index in [1.54, 1.807) is 12.1 Å². The number of aromatic nitrogens is 1. The van der Waals surface area contributed by atoms with Crippen LogP contribution in [0.15, 0.2) is 71.8 Å². The molecule has 0 aliphatic heterocycles. The third-order valence-electron chi connectivity index (χ3n) is 3.84. The number of nitrogens with one attached hydrogen (secondary N) is 2. The molecule has 2 N–H and O–H groups in total. The highest BCUT2D eigenvalue weighted by atomic mass is 32.2. The highest BCUT2D eigenvalue weighted by Crippen LogP contribution is 2.32. The summed E-state index contributed by atoms with van der Waals surface area (Å²) in [6.07, 6.45) is -3.37. The molecule has 0 bridgehead atoms. The van der Waals surface area contributed by atoms with E-state index in [1.807, 2.05) is 4.72 Å². The van der Waals surface area contributed by atoms with Crippen LogP contribution in [-0.4, -0.2) is 19.3 Å². The maximum atomic E-state index is 13.7. The minimum absolute atomic E-state index is 0.0218. The van der Waals surface area contributed by atoms with Gasteiger partial charge in [-0.1, -0.05) is 12.1 Å². The van der Waals surface area contributed by atoms with Crippen molar-refractivity contribution in [1.82, 2.24) is 4.98 Å². The average Bonchev–Trinajstić information content (AvgIpc) is 2.70. The largest absolute Gasteiger partial charge is 0.416 e. The molecule has 3 aromatic rings. The first-order valence-corrected chi connectivity index (χ1v) is 9.76. The lowest BCUT2D eigenvalue weighted by Crippen LogP contribution is -2.18. The van der Waals surface area contributed by atoms with Crippen molar-refractivity contribution in [3.8, 4) is 0 Å². The number of halogens is 4. The Hall–Kier alpha value is -3.47. The van der Waals surface area contributed by atoms with Crippen LogP contribution < -0.4 is 10.0 Å². The van der Waals surface area contributed by atoms with E-state index >= 15 is 0 Å². The summed E-state index contributed by atoms with van der Waals surface area (Å²) in [5.74, 6) is -1.52. The molecular weight excluding hydrogens is 426 g/mol. The fourth-order valence-corrected chi connectivity index (χ4v) is 3.55. The fraction of sp³-hybridized carbons (Fsp3) is 0.0526. The number of carbonyl (C=O) groups is 1. The number of hydrogen-bond acceptors (Lipinski definition) is 4. The smallest absolute Gasteiger partial charge is 0.319 e. The molecule has 11 heteroatoms. The van der Waals surface area contributed by atoms with Crippen molar-refractivity contribution in [2.45, 2.75) is 11.1 Å². The van der Waals surface area contributed by atoms with Crippen molar-refractivity contribution < 1.29 is 30.8 Å². The molecule has 2 aromatic carbocycles. The average molecular weight is 439 g/mol. The molecule has 0 fully saturated rings. The van der Waals surface area contributed by atoms with Gasteiger partial charge >= 0.3 is 6.18 Å². The second kappa shape index (κ2) is 8.11. The molecule has 6 nitrogen and oxygen atoms in total. The van der Waals surface area contributed by atoms with E-state index in [0.29, 0.717) is 6.07 Å². The van der Waals surface area contributed by atoms with Crippen LogP contribution >= 0.6 is 0 Å². The second-order valence-electron chi connectivity index (χ2n) is 5.99. The molecule has 1 amide bonds. The Morgan fingerprint density at radius 1 is 0.933 bits per heavy atom. The highest BCUT2D eigenvalue weighted by molar-refractivity contribution is 7.92. The second-order valence-corrected chi connectivity index (χ2v) is 7.67. The minimum Gasteiger partial charge on any atom is -0.319 e. The van der Waals surface area contributed by atoms with Crippen LogP contribution in [0.1, 0.15) is 16.1 Å². The van der Waals surface area contributed by atoms with Crippen LogP contribution in [0, 0.1) is 5.82 Å². The van der Waals surface area contributed by atoms with Gasteiger partial charge in [0.2, 0.25) is 0 Å². The predicted molar refractivity (Wildman–Crippen MR) is 101 cm³/mol. The Labute approximate surface area is 168 Å². The zero-order chi connectivity index (χ0) is 21.9. The Morgan fingerprint density at radius 2 is 1.70 bits per heavy atom. The molecule has 3 rings (SSSR count). The summed E-state index contributed by atoms with van der Waals surface area (Å²) in [5.41, 5.74) is -1.61. The summed E-state index contributed by atoms with van der Waals surface area (Å²) < 4.78 is 79.5. The van der Waals surface area contributed by atoms with Gasteiger partial charge in [-0.2, -0.15) is 13.2 Å². The van der Waals surface area contributed by atoms with Gasteiger partial charge in [0.1, 0.15) is 11.5 Å². The molecule has 0 saturated heterocycles. The summed E-state index contributed by atoms with van der Waals surface area (Å²) >= 11 is 0. The van der Waals surface area contributed by atoms with Crippen molar-refractivity contribution in [2.24, 2.45) is 0 Å². The molecule has 1 aromatic heterocycles. The van der Waals surface area contributed by atoms with Crippen LogP contribution in [-0.2, 0) is 16.2 Å². The lowest BCUT2D eigenvalue weighted by atomic mass is 10.2. The van der Waals surface area contributed by atoms with Gasteiger partial charge in [-0.15, -0.1) is 0 Å². The van der Waals surface area contributed by atoms with Gasteiger partial charge in [0, 0.05) is 12.3 Å². The third-order valence-corrected chi connectivity index (χ3v) is 5.21. The predicted octanol–water partition coefficient (Wildman–Crippen LogP) is 4.29. The summed E-state index contributed by atoms with van der Waals surface area (Å²) in [6.45, 7) is 0. The summed E-state index contributed by atoms with van der Waals surface area (Å²) in [4.78, 5) is 15.4. The zero-order valence-corrected chi connectivity index (χ0v) is 15.8. The van der Waals surface area contributed by atoms with Crippen LogP contribution in [0.5, 0.6) is 0 Å².